The summed E-state index contributed by atoms with van der Waals surface area (Å²) in [6, 6.07) is 0.115. The Hall–Kier alpha value is -2.25. The highest BCUT2D eigenvalue weighted by Gasteiger charge is 2.83. The summed E-state index contributed by atoms with van der Waals surface area (Å²) in [5.41, 5.74) is 10.1. The average Bonchev–Trinajstić information content (AvgIpc) is 1.39. The van der Waals surface area contributed by atoms with E-state index in [1.807, 2.05) is 36.4 Å². The number of nitrogens with one attached hydrogen (secondary N) is 3. The highest BCUT2D eigenvalue weighted by molar-refractivity contribution is 8.77. The third-order valence-electron chi connectivity index (χ3n) is 28.5. The molecule has 16 heteroatoms. The summed E-state index contributed by atoms with van der Waals surface area (Å²) >= 11 is 0. The lowest BCUT2D eigenvalue weighted by Gasteiger charge is -2.68. The van der Waals surface area contributed by atoms with Gasteiger partial charge in [0.05, 0.1) is 36.8 Å². The molecule has 1 aromatic heterocycles. The van der Waals surface area contributed by atoms with Crippen LogP contribution < -0.4 is 21.7 Å². The quantitative estimate of drug-likeness (QED) is 0.0409. The Kier molecular flexibility index (Phi) is 14.3. The molecule has 6 bridgehead atoms. The van der Waals surface area contributed by atoms with Crippen LogP contribution in [-0.2, 0) is 4.79 Å². The van der Waals surface area contributed by atoms with Crippen molar-refractivity contribution in [3.63, 3.8) is 0 Å². The number of hydrogen-bond donors (Lipinski definition) is 10. The molecular formula is C68H101N7O7S2. The lowest BCUT2D eigenvalue weighted by molar-refractivity contribution is -0.220. The first kappa shape index (κ1) is 58.1. The van der Waals surface area contributed by atoms with Gasteiger partial charge in [0.2, 0.25) is 0 Å². The lowest BCUT2D eigenvalue weighted by Crippen LogP contribution is -2.73. The molecule has 11 fully saturated rings. The number of rotatable bonds is 7. The van der Waals surface area contributed by atoms with Gasteiger partial charge in [0.25, 0.3) is 0 Å². The summed E-state index contributed by atoms with van der Waals surface area (Å²) in [6.07, 6.45) is 24.8. The number of fused-ring (bicyclic) bond motifs is 12. The van der Waals surface area contributed by atoms with E-state index in [2.05, 4.69) is 58.3 Å². The first-order chi connectivity index (χ1) is 40.3. The van der Waals surface area contributed by atoms with E-state index in [1.165, 1.54) is 38.5 Å². The van der Waals surface area contributed by atoms with E-state index in [4.69, 9.17) is 15.7 Å². The van der Waals surface area contributed by atoms with Crippen molar-refractivity contribution in [1.29, 1.82) is 0 Å². The van der Waals surface area contributed by atoms with Crippen molar-refractivity contribution in [1.82, 2.24) is 25.5 Å². The molecule has 24 atom stereocenters. The summed E-state index contributed by atoms with van der Waals surface area (Å²) < 4.78 is 1.91. The van der Waals surface area contributed by atoms with Crippen molar-refractivity contribution >= 4 is 33.3 Å². The molecule has 24 unspecified atom stereocenters. The molecule has 15 rings (SSSR count). The van der Waals surface area contributed by atoms with Gasteiger partial charge in [0, 0.05) is 77.0 Å². The van der Waals surface area contributed by atoms with E-state index in [0.29, 0.717) is 36.8 Å². The number of guanidine groups is 1. The number of nitrogens with two attached hydrogens (primary N) is 1. The normalized spacial score (nSPS) is 50.0. The molecule has 14 nitrogen and oxygen atoms in total. The first-order valence-electron chi connectivity index (χ1n) is 33.8. The SMILES string of the molecule is CNCC1C(O)C(O)CC2(C)C1C(=O)C=C1C2C(CN=C(N)NC(C)O)C2CCC3C4CCCC5=C4C4C(=C6CC7CCC8CCCC8(C7)C56)C(C)(C)CC(n5ccnc5)CSSC5(CCCC56CCNCC6)C5CC(C3C4O)C2(CO)C15O. The number of aliphatic hydroxyl groups excluding tert-OH is 5. The largest absolute Gasteiger partial charge is 0.396 e. The molecular weight excluding hydrogens is 1090 g/mol. The predicted octanol–water partition coefficient (Wildman–Crippen LogP) is 8.10. The first-order valence-corrected chi connectivity index (χ1v) is 36.1. The van der Waals surface area contributed by atoms with E-state index >= 15 is 9.90 Å². The van der Waals surface area contributed by atoms with Crippen LogP contribution in [0.15, 0.2) is 57.7 Å². The number of piperidine rings is 1. The van der Waals surface area contributed by atoms with Crippen LogP contribution >= 0.6 is 21.6 Å². The summed E-state index contributed by atoms with van der Waals surface area (Å²) in [5, 5.41) is 89.6. The minimum atomic E-state index is -1.70. The molecule has 11 N–H and O–H groups in total. The number of carbonyl (C=O) groups is 1. The fraction of sp³-hybridized carbons (Fsp3) is 0.838. The van der Waals surface area contributed by atoms with Gasteiger partial charge in [-0.15, -0.1) is 0 Å². The van der Waals surface area contributed by atoms with E-state index in [1.54, 1.807) is 29.2 Å². The van der Waals surface area contributed by atoms with Gasteiger partial charge >= 0.3 is 0 Å². The maximum absolute atomic E-state index is 16.1. The van der Waals surface area contributed by atoms with Crippen LogP contribution in [0.5, 0.6) is 0 Å². The fourth-order valence-corrected chi connectivity index (χ4v) is 30.6. The van der Waals surface area contributed by atoms with Crippen LogP contribution in [0.3, 0.4) is 0 Å². The molecule has 0 aromatic carbocycles. The van der Waals surface area contributed by atoms with Crippen molar-refractivity contribution in [2.24, 2.45) is 121 Å². The van der Waals surface area contributed by atoms with Gasteiger partial charge in [0.15, 0.2) is 11.7 Å². The number of carbonyl (C=O) groups excluding carboxylic acids is 1. The van der Waals surface area contributed by atoms with Crippen LogP contribution in [0, 0.1) is 110 Å². The summed E-state index contributed by atoms with van der Waals surface area (Å²) in [7, 11) is 5.91. The standard InChI is InChI=1S/C68H101N7O7S2/c1-36(77)74-61(69)73-32-44-46-15-14-41-40-10-6-11-42-52(40)54-58(43-25-37-12-13-38-9-7-17-65(38,28-37)55(42)43)62(2,3)29-39(75-24-23-72-35-75)33-83-84-67(18-8-16-64(67)19-21-71-22-20-64)51-27-47(53(41)60(54)81)66(46,34-76)68(51,82)48-26-49(78)57-45(31-70-5)59(80)50(79)30-63(57,4)56(44)48/h23-24,26,35-41,44-47,50-51,53-57,59-60,70-71,76-77,79-82H,6-22,25,27-34H2,1-5H3,(H3,69,73,74). The Morgan fingerprint density at radius 1 is 0.940 bits per heavy atom. The Morgan fingerprint density at radius 2 is 1.76 bits per heavy atom. The van der Waals surface area contributed by atoms with Crippen molar-refractivity contribution in [3.05, 3.63) is 52.7 Å². The van der Waals surface area contributed by atoms with E-state index in [9.17, 15) is 25.5 Å². The van der Waals surface area contributed by atoms with Crippen LogP contribution in [0.1, 0.15) is 162 Å². The second-order valence-corrected chi connectivity index (χ2v) is 34.5. The highest BCUT2D eigenvalue weighted by Crippen LogP contribution is 2.82. The second-order valence-electron chi connectivity index (χ2n) is 31.8. The summed E-state index contributed by atoms with van der Waals surface area (Å²) in [4.78, 5) is 25.9. The Bertz CT molecular complexity index is 2890. The number of imidazole rings is 1. The zero-order chi connectivity index (χ0) is 58.3. The van der Waals surface area contributed by atoms with Crippen molar-refractivity contribution in [2.45, 2.75) is 197 Å². The molecule has 12 aliphatic carbocycles. The fourth-order valence-electron chi connectivity index (χ4n) is 26.4. The number of hydrogen-bond acceptors (Lipinski definition) is 13. The minimum Gasteiger partial charge on any atom is -0.396 e. The van der Waals surface area contributed by atoms with Gasteiger partial charge in [-0.3, -0.25) is 9.79 Å². The predicted molar refractivity (Wildman–Crippen MR) is 330 cm³/mol. The van der Waals surface area contributed by atoms with Crippen LogP contribution in [0.2, 0.25) is 0 Å². The summed E-state index contributed by atoms with van der Waals surface area (Å²) in [5.74, 6) is -0.407. The third kappa shape index (κ3) is 7.74. The second kappa shape index (κ2) is 20.6. The monoisotopic (exact) mass is 1190 g/mol. The summed E-state index contributed by atoms with van der Waals surface area (Å²) in [6.45, 7) is 11.0. The molecule has 14 aliphatic rings. The van der Waals surface area contributed by atoms with Gasteiger partial charge in [0.1, 0.15) is 6.23 Å². The number of aliphatic hydroxyl groups is 6. The molecule has 9 saturated carbocycles. The van der Waals surface area contributed by atoms with E-state index in [-0.39, 0.29) is 101 Å². The van der Waals surface area contributed by atoms with Gasteiger partial charge in [-0.1, -0.05) is 77.5 Å². The Morgan fingerprint density at radius 3 is 2.52 bits per heavy atom. The van der Waals surface area contributed by atoms with Crippen LogP contribution in [0.25, 0.3) is 0 Å². The Balaban J connectivity index is 1.01. The Labute approximate surface area is 507 Å². The smallest absolute Gasteiger partial charge is 0.190 e. The number of allylic oxidation sites excluding steroid dienone is 3. The molecule has 0 amide bonds. The molecule has 2 aliphatic heterocycles. The van der Waals surface area contributed by atoms with Crippen LogP contribution in [-0.4, -0.2) is 132 Å². The molecule has 3 spiro atoms. The van der Waals surface area contributed by atoms with Crippen LogP contribution in [0.4, 0.5) is 0 Å². The average molecular weight is 1190 g/mol. The molecule has 0 radical (unpaired) electrons. The van der Waals surface area contributed by atoms with Gasteiger partial charge in [-0.25, -0.2) is 4.98 Å². The molecule has 84 heavy (non-hydrogen) atoms. The highest BCUT2D eigenvalue weighted by atomic mass is 33.1. The maximum Gasteiger partial charge on any atom is 0.190 e. The molecule has 3 heterocycles. The molecule has 462 valence electrons. The van der Waals surface area contributed by atoms with Crippen molar-refractivity contribution in [3.8, 4) is 0 Å². The number of aliphatic imine (C=N–C) groups is 1. The van der Waals surface area contributed by atoms with E-state index in [0.717, 1.165) is 95.4 Å². The van der Waals surface area contributed by atoms with Gasteiger partial charge in [-0.05, 0) is 229 Å². The van der Waals surface area contributed by atoms with Gasteiger partial charge in [-0.2, -0.15) is 0 Å². The maximum atomic E-state index is 16.1. The molecule has 2 saturated heterocycles. The minimum absolute atomic E-state index is 0.114. The van der Waals surface area contributed by atoms with Crippen molar-refractivity contribution < 1.29 is 35.4 Å². The topological polar surface area (TPSA) is 231 Å². The van der Waals surface area contributed by atoms with Gasteiger partial charge < -0.3 is 56.9 Å². The lowest BCUT2D eigenvalue weighted by atomic mass is 9.37. The zero-order valence-corrected chi connectivity index (χ0v) is 52.6. The molecule has 1 aromatic rings. The number of aromatic nitrogens is 2. The number of nitrogens with zero attached hydrogens (tertiary/aromatic N) is 3. The van der Waals surface area contributed by atoms with E-state index < -0.39 is 63.5 Å². The third-order valence-corrected chi connectivity index (χ3v) is 32.0. The number of ketones is 1. The van der Waals surface area contributed by atoms with Crippen molar-refractivity contribution in [2.75, 3.05) is 45.6 Å². The zero-order valence-electron chi connectivity index (χ0n) is 51.0.